The van der Waals surface area contributed by atoms with E-state index in [4.69, 9.17) is 4.52 Å². The SMILES string of the molecule is O=[N+]([O-])c1cc(-c2nc(-c3cccs3)no2)cc([N+](=O)[O-])c1. The fraction of sp³-hybridized carbons (Fsp3) is 0. The summed E-state index contributed by atoms with van der Waals surface area (Å²) in [5.74, 6) is 0.300. The van der Waals surface area contributed by atoms with Gasteiger partial charge in [-0.25, -0.2) is 0 Å². The van der Waals surface area contributed by atoms with Crippen molar-refractivity contribution in [3.05, 3.63) is 55.9 Å². The minimum Gasteiger partial charge on any atom is -0.334 e. The van der Waals surface area contributed by atoms with Crippen molar-refractivity contribution in [1.29, 1.82) is 0 Å². The van der Waals surface area contributed by atoms with E-state index in [0.29, 0.717) is 5.82 Å². The van der Waals surface area contributed by atoms with Crippen LogP contribution in [0.25, 0.3) is 22.2 Å². The molecular formula is C12H6N4O5S. The zero-order chi connectivity index (χ0) is 15.7. The van der Waals surface area contributed by atoms with Gasteiger partial charge in [0.15, 0.2) is 0 Å². The van der Waals surface area contributed by atoms with Crippen LogP contribution in [-0.2, 0) is 0 Å². The average molecular weight is 318 g/mol. The Kier molecular flexibility index (Phi) is 3.35. The molecule has 0 unspecified atom stereocenters. The Labute approximate surface area is 126 Å². The normalized spacial score (nSPS) is 10.5. The molecule has 0 fully saturated rings. The third-order valence-corrected chi connectivity index (χ3v) is 3.60. The predicted molar refractivity (Wildman–Crippen MR) is 76.4 cm³/mol. The molecule has 1 aromatic carbocycles. The van der Waals surface area contributed by atoms with Crippen molar-refractivity contribution in [2.75, 3.05) is 0 Å². The molecule has 0 aliphatic heterocycles. The fourth-order valence-electron chi connectivity index (χ4n) is 1.78. The van der Waals surface area contributed by atoms with E-state index in [1.165, 1.54) is 11.3 Å². The molecule has 10 heteroatoms. The summed E-state index contributed by atoms with van der Waals surface area (Å²) in [4.78, 5) is 25.2. The van der Waals surface area contributed by atoms with E-state index in [2.05, 4.69) is 10.1 Å². The molecule has 0 atom stereocenters. The summed E-state index contributed by atoms with van der Waals surface area (Å²) in [5, 5.41) is 27.3. The third kappa shape index (κ3) is 2.54. The van der Waals surface area contributed by atoms with Crippen molar-refractivity contribution in [3.8, 4) is 22.2 Å². The molecule has 0 N–H and O–H groups in total. The number of non-ortho nitro benzene ring substituents is 2. The molecule has 0 bridgehead atoms. The molecule has 2 heterocycles. The Hall–Kier alpha value is -3.14. The van der Waals surface area contributed by atoms with Gasteiger partial charge in [-0.1, -0.05) is 11.2 Å². The molecule has 0 aliphatic carbocycles. The van der Waals surface area contributed by atoms with Gasteiger partial charge in [-0.15, -0.1) is 11.3 Å². The molecule has 3 aromatic rings. The predicted octanol–water partition coefficient (Wildman–Crippen LogP) is 3.28. The van der Waals surface area contributed by atoms with Gasteiger partial charge in [-0.3, -0.25) is 20.2 Å². The zero-order valence-electron chi connectivity index (χ0n) is 10.7. The first-order valence-corrected chi connectivity index (χ1v) is 6.74. The standard InChI is InChI=1S/C12H6N4O5S/c17-15(18)8-4-7(5-9(6-8)16(19)20)12-13-11(14-21-12)10-2-1-3-22-10/h1-6H. The number of nitrogens with zero attached hydrogens (tertiary/aromatic N) is 4. The van der Waals surface area contributed by atoms with E-state index >= 15 is 0 Å². The Morgan fingerprint density at radius 1 is 1.09 bits per heavy atom. The highest BCUT2D eigenvalue weighted by atomic mass is 32.1. The van der Waals surface area contributed by atoms with Crippen molar-refractivity contribution >= 4 is 22.7 Å². The lowest BCUT2D eigenvalue weighted by Crippen LogP contribution is -1.94. The van der Waals surface area contributed by atoms with Gasteiger partial charge in [0.05, 0.1) is 26.4 Å². The topological polar surface area (TPSA) is 125 Å². The summed E-state index contributed by atoms with van der Waals surface area (Å²) in [6, 6.07) is 6.78. The van der Waals surface area contributed by atoms with E-state index in [1.807, 2.05) is 11.4 Å². The number of hydrogen-bond acceptors (Lipinski definition) is 8. The second-order valence-corrected chi connectivity index (χ2v) is 5.10. The number of aromatic nitrogens is 2. The summed E-state index contributed by atoms with van der Waals surface area (Å²) in [6.07, 6.45) is 0. The average Bonchev–Trinajstić information content (AvgIpc) is 3.17. The quantitative estimate of drug-likeness (QED) is 0.533. The molecule has 22 heavy (non-hydrogen) atoms. The summed E-state index contributed by atoms with van der Waals surface area (Å²) in [7, 11) is 0. The third-order valence-electron chi connectivity index (χ3n) is 2.74. The first-order chi connectivity index (χ1) is 10.5. The van der Waals surface area contributed by atoms with E-state index < -0.39 is 21.2 Å². The number of hydrogen-bond donors (Lipinski definition) is 0. The number of benzene rings is 1. The maximum Gasteiger partial charge on any atom is 0.277 e. The van der Waals surface area contributed by atoms with Gasteiger partial charge in [0.2, 0.25) is 5.82 Å². The molecule has 0 radical (unpaired) electrons. The minimum absolute atomic E-state index is 0.0183. The molecule has 2 aromatic heterocycles. The van der Waals surface area contributed by atoms with E-state index in [-0.39, 0.29) is 11.5 Å². The highest BCUT2D eigenvalue weighted by Crippen LogP contribution is 2.30. The molecule has 0 spiro atoms. The van der Waals surface area contributed by atoms with Crippen LogP contribution < -0.4 is 0 Å². The molecule has 3 rings (SSSR count). The van der Waals surface area contributed by atoms with Crippen LogP contribution in [0.3, 0.4) is 0 Å². The van der Waals surface area contributed by atoms with Gasteiger partial charge < -0.3 is 4.52 Å². The summed E-state index contributed by atoms with van der Waals surface area (Å²) in [6.45, 7) is 0. The monoisotopic (exact) mass is 318 g/mol. The first kappa shape index (κ1) is 13.8. The largest absolute Gasteiger partial charge is 0.334 e. The van der Waals surface area contributed by atoms with Gasteiger partial charge in [0.1, 0.15) is 0 Å². The van der Waals surface area contributed by atoms with Crippen molar-refractivity contribution in [2.24, 2.45) is 0 Å². The van der Waals surface area contributed by atoms with Crippen LogP contribution in [0.4, 0.5) is 11.4 Å². The number of rotatable bonds is 4. The van der Waals surface area contributed by atoms with E-state index in [9.17, 15) is 20.2 Å². The lowest BCUT2D eigenvalue weighted by molar-refractivity contribution is -0.394. The summed E-state index contributed by atoms with van der Waals surface area (Å²) >= 11 is 1.40. The molecular weight excluding hydrogens is 312 g/mol. The fourth-order valence-corrected chi connectivity index (χ4v) is 2.43. The van der Waals surface area contributed by atoms with Crippen molar-refractivity contribution in [1.82, 2.24) is 10.1 Å². The van der Waals surface area contributed by atoms with Gasteiger partial charge in [0.25, 0.3) is 17.3 Å². The van der Waals surface area contributed by atoms with Gasteiger partial charge in [-0.2, -0.15) is 4.98 Å². The Morgan fingerprint density at radius 2 is 1.77 bits per heavy atom. The van der Waals surface area contributed by atoms with Crippen molar-refractivity contribution in [3.63, 3.8) is 0 Å². The molecule has 9 nitrogen and oxygen atoms in total. The molecule has 0 saturated heterocycles. The van der Waals surface area contributed by atoms with Crippen LogP contribution in [0.15, 0.2) is 40.2 Å². The smallest absolute Gasteiger partial charge is 0.277 e. The Bertz CT molecular complexity index is 826. The molecule has 0 aliphatic rings. The minimum atomic E-state index is -0.715. The number of nitro groups is 2. The second-order valence-electron chi connectivity index (χ2n) is 4.15. The maximum atomic E-state index is 10.9. The van der Waals surface area contributed by atoms with Crippen LogP contribution >= 0.6 is 11.3 Å². The Balaban J connectivity index is 2.08. The lowest BCUT2D eigenvalue weighted by Gasteiger charge is -1.96. The molecule has 0 saturated carbocycles. The van der Waals surface area contributed by atoms with Gasteiger partial charge >= 0.3 is 0 Å². The zero-order valence-corrected chi connectivity index (χ0v) is 11.5. The van der Waals surface area contributed by atoms with E-state index in [1.54, 1.807) is 6.07 Å². The van der Waals surface area contributed by atoms with Crippen LogP contribution in [0, 0.1) is 20.2 Å². The van der Waals surface area contributed by atoms with Gasteiger partial charge in [-0.05, 0) is 11.4 Å². The summed E-state index contributed by atoms with van der Waals surface area (Å²) < 4.78 is 5.04. The number of nitro benzene ring substituents is 2. The van der Waals surface area contributed by atoms with Crippen molar-refractivity contribution < 1.29 is 14.4 Å². The van der Waals surface area contributed by atoms with Gasteiger partial charge in [0, 0.05) is 12.1 Å². The highest BCUT2D eigenvalue weighted by molar-refractivity contribution is 7.13. The highest BCUT2D eigenvalue weighted by Gasteiger charge is 2.20. The Morgan fingerprint density at radius 3 is 2.32 bits per heavy atom. The number of thiophene rings is 1. The first-order valence-electron chi connectivity index (χ1n) is 5.86. The van der Waals surface area contributed by atoms with Crippen LogP contribution in [0.2, 0.25) is 0 Å². The molecule has 110 valence electrons. The summed E-state index contributed by atoms with van der Waals surface area (Å²) in [5.41, 5.74) is -0.712. The van der Waals surface area contributed by atoms with Crippen LogP contribution in [0.5, 0.6) is 0 Å². The molecule has 0 amide bonds. The van der Waals surface area contributed by atoms with Crippen LogP contribution in [-0.4, -0.2) is 20.0 Å². The second kappa shape index (κ2) is 5.33. The maximum absolute atomic E-state index is 10.9. The lowest BCUT2D eigenvalue weighted by atomic mass is 10.1. The van der Waals surface area contributed by atoms with Crippen LogP contribution in [0.1, 0.15) is 0 Å². The van der Waals surface area contributed by atoms with Crippen molar-refractivity contribution in [2.45, 2.75) is 0 Å². The van der Waals surface area contributed by atoms with E-state index in [0.717, 1.165) is 23.1 Å².